The van der Waals surface area contributed by atoms with E-state index in [1.165, 1.54) is 30.4 Å². The molecule has 1 aromatic heterocycles. The van der Waals surface area contributed by atoms with Crippen molar-refractivity contribution in [3.05, 3.63) is 29.1 Å². The summed E-state index contributed by atoms with van der Waals surface area (Å²) in [5.41, 5.74) is 1.87. The number of carboxylic acid groups (broad SMARTS) is 1. The van der Waals surface area contributed by atoms with Crippen molar-refractivity contribution in [3.8, 4) is 0 Å². The topological polar surface area (TPSA) is 97.8 Å². The predicted octanol–water partition coefficient (Wildman–Crippen LogP) is 4.26. The molecular formula is C25H36N2O5. The number of amides is 1. The Morgan fingerprint density at radius 3 is 2.62 bits per heavy atom. The van der Waals surface area contributed by atoms with Gasteiger partial charge in [-0.15, -0.1) is 0 Å². The lowest BCUT2D eigenvalue weighted by Crippen LogP contribution is -2.58. The number of esters is 1. The molecule has 3 atom stereocenters. The fraction of sp³-hybridized carbons (Fsp3) is 0.720. The number of nitrogens with one attached hydrogen (secondary N) is 1. The number of rotatable bonds is 8. The molecule has 0 spiro atoms. The smallest absolute Gasteiger partial charge is 0.404 e. The van der Waals surface area contributed by atoms with E-state index in [1.54, 1.807) is 13.8 Å². The van der Waals surface area contributed by atoms with Gasteiger partial charge in [0.2, 0.25) is 5.79 Å². The highest BCUT2D eigenvalue weighted by molar-refractivity contribution is 5.84. The molecule has 1 saturated heterocycles. The quantitative estimate of drug-likeness (QED) is 0.582. The number of hydrogen-bond acceptors (Lipinski definition) is 5. The third kappa shape index (κ3) is 4.92. The molecule has 1 aromatic rings. The van der Waals surface area contributed by atoms with Crippen LogP contribution in [0.25, 0.3) is 0 Å². The molecule has 32 heavy (non-hydrogen) atoms. The third-order valence-electron chi connectivity index (χ3n) is 7.03. The van der Waals surface area contributed by atoms with Gasteiger partial charge in [0.05, 0.1) is 6.04 Å². The first kappa shape index (κ1) is 23.0. The summed E-state index contributed by atoms with van der Waals surface area (Å²) in [5.74, 6) is 0.131. The molecule has 0 radical (unpaired) electrons. The van der Waals surface area contributed by atoms with Crippen LogP contribution in [-0.4, -0.2) is 39.6 Å². The lowest BCUT2D eigenvalue weighted by Gasteiger charge is -2.36. The summed E-state index contributed by atoms with van der Waals surface area (Å²) in [5, 5.41) is 12.1. The summed E-state index contributed by atoms with van der Waals surface area (Å²) in [6, 6.07) is 1.36. The molecule has 0 bridgehead atoms. The monoisotopic (exact) mass is 444 g/mol. The van der Waals surface area contributed by atoms with Crippen LogP contribution in [0.4, 0.5) is 4.79 Å². The zero-order valence-electron chi connectivity index (χ0n) is 19.6. The van der Waals surface area contributed by atoms with Crippen LogP contribution >= 0.6 is 0 Å². The minimum absolute atomic E-state index is 0.157. The molecule has 2 aliphatic carbocycles. The number of pyridine rings is 1. The normalized spacial score (nSPS) is 27.7. The van der Waals surface area contributed by atoms with Crippen LogP contribution in [0.5, 0.6) is 0 Å². The average Bonchev–Trinajstić information content (AvgIpc) is 3.45. The fourth-order valence-corrected chi connectivity index (χ4v) is 5.51. The van der Waals surface area contributed by atoms with Crippen molar-refractivity contribution in [2.75, 3.05) is 0 Å². The van der Waals surface area contributed by atoms with Crippen LogP contribution in [0.1, 0.15) is 76.6 Å². The van der Waals surface area contributed by atoms with Crippen LogP contribution < -0.4 is 5.32 Å². The van der Waals surface area contributed by atoms with Crippen molar-refractivity contribution in [1.82, 2.24) is 10.3 Å². The third-order valence-corrected chi connectivity index (χ3v) is 7.03. The molecular weight excluding hydrogens is 408 g/mol. The Morgan fingerprint density at radius 2 is 2.03 bits per heavy atom. The average molecular weight is 445 g/mol. The van der Waals surface area contributed by atoms with Gasteiger partial charge in [0.15, 0.2) is 5.60 Å². The summed E-state index contributed by atoms with van der Waals surface area (Å²) >= 11 is 0. The fourth-order valence-electron chi connectivity index (χ4n) is 5.51. The van der Waals surface area contributed by atoms with Crippen LogP contribution in [0.3, 0.4) is 0 Å². The van der Waals surface area contributed by atoms with Gasteiger partial charge in [-0.2, -0.15) is 0 Å². The molecule has 3 aliphatic rings. The number of cyclic esters (lactones) is 1. The van der Waals surface area contributed by atoms with E-state index in [0.29, 0.717) is 12.3 Å². The van der Waals surface area contributed by atoms with E-state index in [0.717, 1.165) is 30.9 Å². The van der Waals surface area contributed by atoms with Crippen molar-refractivity contribution >= 4 is 12.1 Å². The molecule has 1 unspecified atom stereocenters. The summed E-state index contributed by atoms with van der Waals surface area (Å²) in [7, 11) is 0. The highest BCUT2D eigenvalue weighted by Crippen LogP contribution is 2.42. The maximum absolute atomic E-state index is 13.3. The molecule has 2 fully saturated rings. The Balaban J connectivity index is 1.66. The van der Waals surface area contributed by atoms with Crippen molar-refractivity contribution < 1.29 is 24.2 Å². The molecule has 1 saturated carbocycles. The Bertz CT molecular complexity index is 879. The second-order valence-corrected chi connectivity index (χ2v) is 10.8. The van der Waals surface area contributed by atoms with E-state index in [-0.39, 0.29) is 12.3 Å². The zero-order chi connectivity index (χ0) is 23.1. The number of carbonyl (C=O) groups excluding carboxylic acids is 1. The summed E-state index contributed by atoms with van der Waals surface area (Å²) in [4.78, 5) is 29.6. The summed E-state index contributed by atoms with van der Waals surface area (Å²) < 4.78 is 11.8. The SMILES string of the molecule is CC(C)C[C@H](NC(=O)O)[C@@]1(Cc2nccc3c2CCC(CC2CC2)C3)OC(C)(C)OC1=O. The van der Waals surface area contributed by atoms with Gasteiger partial charge in [0, 0.05) is 32.2 Å². The highest BCUT2D eigenvalue weighted by atomic mass is 16.8. The first-order valence-electron chi connectivity index (χ1n) is 12.0. The highest BCUT2D eigenvalue weighted by Gasteiger charge is 2.59. The van der Waals surface area contributed by atoms with Gasteiger partial charge >= 0.3 is 12.1 Å². The second kappa shape index (κ2) is 8.65. The van der Waals surface area contributed by atoms with Crippen LogP contribution in [-0.2, 0) is 33.5 Å². The molecule has 176 valence electrons. The van der Waals surface area contributed by atoms with E-state index in [2.05, 4.69) is 16.4 Å². The van der Waals surface area contributed by atoms with Gasteiger partial charge in [0.1, 0.15) is 0 Å². The lowest BCUT2D eigenvalue weighted by molar-refractivity contribution is -0.170. The van der Waals surface area contributed by atoms with Gasteiger partial charge in [0.25, 0.3) is 0 Å². The maximum Gasteiger partial charge on any atom is 0.404 e. The number of hydrogen-bond donors (Lipinski definition) is 2. The Kier molecular flexibility index (Phi) is 6.23. The zero-order valence-corrected chi connectivity index (χ0v) is 19.6. The summed E-state index contributed by atoms with van der Waals surface area (Å²) in [6.07, 6.45) is 8.46. The van der Waals surface area contributed by atoms with E-state index >= 15 is 0 Å². The number of fused-ring (bicyclic) bond motifs is 1. The number of carbonyl (C=O) groups is 2. The van der Waals surface area contributed by atoms with E-state index < -0.39 is 29.5 Å². The Hall–Kier alpha value is -2.15. The van der Waals surface area contributed by atoms with E-state index in [1.807, 2.05) is 20.0 Å². The van der Waals surface area contributed by atoms with Crippen LogP contribution in [0.15, 0.2) is 12.3 Å². The minimum atomic E-state index is -1.45. The molecule has 1 amide bonds. The van der Waals surface area contributed by atoms with E-state index in [9.17, 15) is 14.7 Å². The maximum atomic E-state index is 13.3. The molecule has 2 N–H and O–H groups in total. The van der Waals surface area contributed by atoms with Gasteiger partial charge in [-0.25, -0.2) is 9.59 Å². The Labute approximate surface area is 190 Å². The minimum Gasteiger partial charge on any atom is -0.465 e. The second-order valence-electron chi connectivity index (χ2n) is 10.8. The van der Waals surface area contributed by atoms with E-state index in [4.69, 9.17) is 9.47 Å². The van der Waals surface area contributed by atoms with Gasteiger partial charge in [-0.05, 0) is 67.1 Å². The molecule has 0 aromatic carbocycles. The number of nitrogens with zero attached hydrogens (tertiary/aromatic N) is 1. The number of aromatic nitrogens is 1. The van der Waals surface area contributed by atoms with Crippen LogP contribution in [0.2, 0.25) is 0 Å². The van der Waals surface area contributed by atoms with Crippen molar-refractivity contribution in [3.63, 3.8) is 0 Å². The predicted molar refractivity (Wildman–Crippen MR) is 119 cm³/mol. The molecule has 2 heterocycles. The van der Waals surface area contributed by atoms with Crippen molar-refractivity contribution in [2.45, 2.75) is 96.5 Å². The van der Waals surface area contributed by atoms with Crippen molar-refractivity contribution in [1.29, 1.82) is 0 Å². The first-order chi connectivity index (χ1) is 15.1. The standard InChI is InChI=1S/C25H36N2O5/c1-15(2)11-21(27-23(29)30)25(22(28)31-24(3,4)32-25)14-20-19-8-7-17(12-16-5-6-16)13-18(19)9-10-26-20/h9-10,15-17,21,27H,5-8,11-14H2,1-4H3,(H,29,30)/t17?,21-,25+/m0/s1. The molecule has 1 aliphatic heterocycles. The molecule has 7 nitrogen and oxygen atoms in total. The largest absolute Gasteiger partial charge is 0.465 e. The van der Waals surface area contributed by atoms with Crippen molar-refractivity contribution in [2.24, 2.45) is 17.8 Å². The summed E-state index contributed by atoms with van der Waals surface area (Å²) in [6.45, 7) is 7.38. The first-order valence-corrected chi connectivity index (χ1v) is 12.0. The Morgan fingerprint density at radius 1 is 1.28 bits per heavy atom. The number of ether oxygens (including phenoxy) is 2. The molecule has 4 rings (SSSR count). The molecule has 7 heteroatoms. The lowest BCUT2D eigenvalue weighted by atomic mass is 9.78. The van der Waals surface area contributed by atoms with Gasteiger partial charge in [-0.3, -0.25) is 4.98 Å². The van der Waals surface area contributed by atoms with Crippen LogP contribution in [0, 0.1) is 17.8 Å². The van der Waals surface area contributed by atoms with Gasteiger partial charge in [-0.1, -0.05) is 26.7 Å². The van der Waals surface area contributed by atoms with Gasteiger partial charge < -0.3 is 19.9 Å².